The smallest absolute Gasteiger partial charge is 0.312 e. The van der Waals surface area contributed by atoms with Crippen molar-refractivity contribution in [2.45, 2.75) is 5.92 Å². The molecule has 2 nitrogen and oxygen atoms in total. The topological polar surface area (TPSA) is 22.1 Å². The molecule has 0 aliphatic carbocycles. The second-order valence-corrected chi connectivity index (χ2v) is 3.44. The summed E-state index contributed by atoms with van der Waals surface area (Å²) < 4.78 is 42.3. The van der Waals surface area contributed by atoms with Crippen molar-refractivity contribution in [1.29, 1.82) is 0 Å². The lowest BCUT2D eigenvalue weighted by molar-refractivity contribution is -0.102. The van der Waals surface area contributed by atoms with Crippen LogP contribution in [0.2, 0.25) is 0 Å². The Balaban J connectivity index is 2.75. The van der Waals surface area contributed by atoms with E-state index in [9.17, 15) is 13.2 Å². The van der Waals surface area contributed by atoms with Gasteiger partial charge in [0.25, 0.3) is 0 Å². The van der Waals surface area contributed by atoms with Gasteiger partial charge in [-0.2, -0.15) is 8.78 Å². The Labute approximate surface area is 87.2 Å². The first-order chi connectivity index (χ1) is 6.56. The van der Waals surface area contributed by atoms with Crippen molar-refractivity contribution in [3.8, 4) is 0 Å². The van der Waals surface area contributed by atoms with E-state index in [1.807, 2.05) is 0 Å². The summed E-state index contributed by atoms with van der Waals surface area (Å²) in [4.78, 5) is 3.50. The van der Waals surface area contributed by atoms with Crippen LogP contribution in [0.4, 0.5) is 13.2 Å². The van der Waals surface area contributed by atoms with Crippen molar-refractivity contribution in [2.75, 3.05) is 13.5 Å². The third-order valence-corrected chi connectivity index (χ3v) is 1.93. The van der Waals surface area contributed by atoms with Crippen LogP contribution in [0.1, 0.15) is 5.69 Å². The number of ether oxygens (including phenoxy) is 1. The molecule has 0 aliphatic heterocycles. The second-order valence-electron chi connectivity index (χ2n) is 2.52. The highest BCUT2D eigenvalue weighted by Gasteiger charge is 2.33. The van der Waals surface area contributed by atoms with Crippen LogP contribution in [-0.4, -0.2) is 18.5 Å². The fourth-order valence-corrected chi connectivity index (χ4v) is 1.07. The van der Waals surface area contributed by atoms with Crippen LogP contribution >= 0.6 is 15.9 Å². The summed E-state index contributed by atoms with van der Waals surface area (Å²) in [7, 11) is 0. The van der Waals surface area contributed by atoms with Crippen LogP contribution in [0.25, 0.3) is 0 Å². The molecule has 0 saturated heterocycles. The fourth-order valence-electron chi connectivity index (χ4n) is 0.833. The van der Waals surface area contributed by atoms with Gasteiger partial charge < -0.3 is 4.74 Å². The summed E-state index contributed by atoms with van der Waals surface area (Å²) in [6.07, 6.45) is 1.25. The molecule has 1 heterocycles. The molecule has 0 spiro atoms. The summed E-state index contributed by atoms with van der Waals surface area (Å²) >= 11 is 3.07. The molecular weight excluding hydrogens is 263 g/mol. The molecule has 0 N–H and O–H groups in total. The molecule has 0 saturated carbocycles. The lowest BCUT2D eigenvalue weighted by Gasteiger charge is -2.14. The van der Waals surface area contributed by atoms with Crippen LogP contribution in [0.3, 0.4) is 0 Å². The van der Waals surface area contributed by atoms with Crippen molar-refractivity contribution < 1.29 is 17.9 Å². The highest BCUT2D eigenvalue weighted by Crippen LogP contribution is 2.27. The van der Waals surface area contributed by atoms with E-state index in [2.05, 4.69) is 25.7 Å². The number of halogens is 4. The summed E-state index contributed by atoms with van der Waals surface area (Å²) in [6, 6.07) is 2.59. The molecule has 0 fully saturated rings. The van der Waals surface area contributed by atoms with E-state index in [-0.39, 0.29) is 0 Å². The van der Waals surface area contributed by atoms with Crippen LogP contribution in [0.5, 0.6) is 0 Å². The molecule has 1 aromatic heterocycles. The third-order valence-electron chi connectivity index (χ3n) is 1.46. The van der Waals surface area contributed by atoms with Gasteiger partial charge in [-0.3, -0.25) is 4.98 Å². The van der Waals surface area contributed by atoms with Crippen LogP contribution in [0.15, 0.2) is 22.8 Å². The number of hydrogen-bond donors (Lipinski definition) is 0. The zero-order chi connectivity index (χ0) is 10.6. The molecule has 0 aliphatic rings. The molecule has 0 aromatic carbocycles. The number of rotatable bonds is 4. The Morgan fingerprint density at radius 2 is 2.14 bits per heavy atom. The van der Waals surface area contributed by atoms with Gasteiger partial charge >= 0.3 is 5.92 Å². The number of alkyl halides is 3. The highest BCUT2D eigenvalue weighted by atomic mass is 79.9. The van der Waals surface area contributed by atoms with Gasteiger partial charge in [0, 0.05) is 10.7 Å². The van der Waals surface area contributed by atoms with E-state index in [0.29, 0.717) is 4.47 Å². The maximum absolute atomic E-state index is 13.1. The third kappa shape index (κ3) is 2.95. The van der Waals surface area contributed by atoms with E-state index >= 15 is 0 Å². The Morgan fingerprint density at radius 1 is 1.43 bits per heavy atom. The van der Waals surface area contributed by atoms with E-state index < -0.39 is 25.1 Å². The first kappa shape index (κ1) is 11.5. The average Bonchev–Trinajstić information content (AvgIpc) is 2.16. The Bertz CT molecular complexity index is 291. The summed E-state index contributed by atoms with van der Waals surface area (Å²) in [5.74, 6) is -3.26. The van der Waals surface area contributed by atoms with E-state index in [1.54, 1.807) is 0 Å². The lowest BCUT2D eigenvalue weighted by atomic mass is 10.2. The van der Waals surface area contributed by atoms with Crippen molar-refractivity contribution in [2.24, 2.45) is 0 Å². The van der Waals surface area contributed by atoms with Gasteiger partial charge in [-0.15, -0.1) is 0 Å². The van der Waals surface area contributed by atoms with Crippen LogP contribution in [-0.2, 0) is 10.7 Å². The normalized spacial score (nSPS) is 11.7. The first-order valence-corrected chi connectivity index (χ1v) is 4.49. The summed E-state index contributed by atoms with van der Waals surface area (Å²) in [6.45, 7) is -2.23. The summed E-state index contributed by atoms with van der Waals surface area (Å²) in [5.41, 5.74) is -0.436. The SMILES string of the molecule is FCOCC(F)(F)c1ccc(Br)cn1. The quantitative estimate of drug-likeness (QED) is 0.839. The predicted octanol–water partition coefficient (Wildman–Crippen LogP) is 2.88. The number of aromatic nitrogens is 1. The van der Waals surface area contributed by atoms with E-state index in [0.717, 1.165) is 6.07 Å². The fraction of sp³-hybridized carbons (Fsp3) is 0.375. The minimum absolute atomic E-state index is 0.436. The molecular formula is C8H7BrF3NO. The van der Waals surface area contributed by atoms with Crippen molar-refractivity contribution in [3.63, 3.8) is 0 Å². The summed E-state index contributed by atoms with van der Waals surface area (Å²) in [5, 5.41) is 0. The van der Waals surface area contributed by atoms with Gasteiger partial charge in [0.1, 0.15) is 12.3 Å². The molecule has 6 heteroatoms. The average molecular weight is 270 g/mol. The zero-order valence-electron chi connectivity index (χ0n) is 7.01. The van der Waals surface area contributed by atoms with Gasteiger partial charge in [-0.1, -0.05) is 0 Å². The minimum atomic E-state index is -3.26. The van der Waals surface area contributed by atoms with Gasteiger partial charge in [0.15, 0.2) is 6.86 Å². The Hall–Kier alpha value is -0.620. The van der Waals surface area contributed by atoms with E-state index in [1.165, 1.54) is 12.3 Å². The van der Waals surface area contributed by atoms with Crippen molar-refractivity contribution in [3.05, 3.63) is 28.5 Å². The minimum Gasteiger partial charge on any atom is -0.344 e. The molecule has 78 valence electrons. The van der Waals surface area contributed by atoms with E-state index in [4.69, 9.17) is 0 Å². The predicted molar refractivity (Wildman–Crippen MR) is 47.8 cm³/mol. The Kier molecular flexibility index (Phi) is 3.88. The number of hydrogen-bond acceptors (Lipinski definition) is 2. The lowest BCUT2D eigenvalue weighted by Crippen LogP contribution is -2.22. The maximum Gasteiger partial charge on any atom is 0.312 e. The van der Waals surface area contributed by atoms with Crippen LogP contribution < -0.4 is 0 Å². The van der Waals surface area contributed by atoms with Gasteiger partial charge in [-0.05, 0) is 28.1 Å². The monoisotopic (exact) mass is 269 g/mol. The number of nitrogens with zero attached hydrogens (tertiary/aromatic N) is 1. The standard InChI is InChI=1S/C8H7BrF3NO/c9-6-1-2-7(13-3-6)8(11,12)4-14-5-10/h1-3H,4-5H2. The molecule has 1 aromatic rings. The van der Waals surface area contributed by atoms with Crippen molar-refractivity contribution in [1.82, 2.24) is 4.98 Å². The molecule has 1 rings (SSSR count). The molecule has 0 radical (unpaired) electrons. The first-order valence-electron chi connectivity index (χ1n) is 3.70. The van der Waals surface area contributed by atoms with Gasteiger partial charge in [0.05, 0.1) is 0 Å². The maximum atomic E-state index is 13.1. The van der Waals surface area contributed by atoms with Crippen molar-refractivity contribution >= 4 is 15.9 Å². The second kappa shape index (κ2) is 4.75. The largest absolute Gasteiger partial charge is 0.344 e. The Morgan fingerprint density at radius 3 is 2.64 bits per heavy atom. The molecule has 0 unspecified atom stereocenters. The molecule has 0 atom stereocenters. The zero-order valence-corrected chi connectivity index (χ0v) is 8.60. The molecule has 0 amide bonds. The van der Waals surface area contributed by atoms with Crippen LogP contribution in [0, 0.1) is 0 Å². The molecule has 0 bridgehead atoms. The highest BCUT2D eigenvalue weighted by molar-refractivity contribution is 9.10. The number of pyridine rings is 1. The van der Waals surface area contributed by atoms with Gasteiger partial charge in [0.2, 0.25) is 0 Å². The van der Waals surface area contributed by atoms with Gasteiger partial charge in [-0.25, -0.2) is 4.39 Å². The molecule has 14 heavy (non-hydrogen) atoms.